The fraction of sp³-hybridized carbons (Fsp3) is 0.400. The van der Waals surface area contributed by atoms with Crippen molar-refractivity contribution in [1.29, 1.82) is 0 Å². The molecule has 0 unspecified atom stereocenters. The molecule has 1 N–H and O–H groups in total. The number of anilines is 1. The fourth-order valence-corrected chi connectivity index (χ4v) is 3.28. The minimum absolute atomic E-state index is 0.0247. The quantitative estimate of drug-likeness (QED) is 0.917. The number of carbonyl (C=O) groups excluding carboxylic acids is 1. The summed E-state index contributed by atoms with van der Waals surface area (Å²) < 4.78 is 17.2. The summed E-state index contributed by atoms with van der Waals surface area (Å²) in [6, 6.07) is 6.18. The number of hydrogen-bond donors (Lipinski definition) is 1. The highest BCUT2D eigenvalue weighted by Crippen LogP contribution is 2.31. The maximum atomic E-state index is 13.1. The topological polar surface area (TPSA) is 58.1 Å². The summed E-state index contributed by atoms with van der Waals surface area (Å²) >= 11 is 1.17. The lowest BCUT2D eigenvalue weighted by molar-refractivity contribution is 0.163. The van der Waals surface area contributed by atoms with Gasteiger partial charge in [-0.05, 0) is 43.9 Å². The predicted octanol–water partition coefficient (Wildman–Crippen LogP) is 3.74. The number of nitrogens with zero attached hydrogens (tertiary/aromatic N) is 3. The molecule has 7 heteroatoms. The molecule has 5 nitrogen and oxygen atoms in total. The molecular formula is C15H17FN4OS. The second-order valence-electron chi connectivity index (χ2n) is 5.33. The minimum atomic E-state index is -0.264. The lowest BCUT2D eigenvalue weighted by Gasteiger charge is -2.35. The van der Waals surface area contributed by atoms with Gasteiger partial charge in [0.05, 0.1) is 6.04 Å². The maximum absolute atomic E-state index is 13.1. The number of carbonyl (C=O) groups is 1. The largest absolute Gasteiger partial charge is 0.324 e. The number of halogens is 1. The van der Waals surface area contributed by atoms with Gasteiger partial charge in [0.15, 0.2) is 0 Å². The van der Waals surface area contributed by atoms with E-state index in [1.807, 2.05) is 0 Å². The molecule has 3 rings (SSSR count). The van der Waals surface area contributed by atoms with Gasteiger partial charge in [-0.3, -0.25) is 5.32 Å². The van der Waals surface area contributed by atoms with Crippen molar-refractivity contribution in [2.24, 2.45) is 0 Å². The van der Waals surface area contributed by atoms with Crippen molar-refractivity contribution >= 4 is 22.7 Å². The number of benzene rings is 1. The number of aromatic nitrogens is 2. The summed E-state index contributed by atoms with van der Waals surface area (Å²) in [5.74, 6) is 0.383. The number of hydrogen-bond acceptors (Lipinski definition) is 4. The van der Waals surface area contributed by atoms with Gasteiger partial charge < -0.3 is 4.90 Å². The molecule has 116 valence electrons. The standard InChI is InChI=1S/C15H17FN4OS/c1-10-17-14(22-19-10)18-15(21)20-9-3-2-4-13(20)11-5-7-12(16)8-6-11/h5-8,13H,2-4,9H2,1H3,(H,17,18,19,21)/t13-/m0/s1. The van der Waals surface area contributed by atoms with Gasteiger partial charge in [0.25, 0.3) is 0 Å². The maximum Gasteiger partial charge on any atom is 0.324 e. The highest BCUT2D eigenvalue weighted by atomic mass is 32.1. The Morgan fingerprint density at radius 1 is 1.36 bits per heavy atom. The highest BCUT2D eigenvalue weighted by Gasteiger charge is 2.28. The molecule has 1 fully saturated rings. The van der Waals surface area contributed by atoms with E-state index in [9.17, 15) is 9.18 Å². The van der Waals surface area contributed by atoms with Gasteiger partial charge in [0, 0.05) is 18.1 Å². The minimum Gasteiger partial charge on any atom is -0.317 e. The summed E-state index contributed by atoms with van der Waals surface area (Å²) in [6.45, 7) is 2.47. The average molecular weight is 320 g/mol. The molecule has 22 heavy (non-hydrogen) atoms. The van der Waals surface area contributed by atoms with Crippen molar-refractivity contribution in [3.63, 3.8) is 0 Å². The number of aryl methyl sites for hydroxylation is 1. The van der Waals surface area contributed by atoms with Gasteiger partial charge in [-0.25, -0.2) is 14.2 Å². The number of amides is 2. The van der Waals surface area contributed by atoms with E-state index < -0.39 is 0 Å². The van der Waals surface area contributed by atoms with Crippen LogP contribution in [0.5, 0.6) is 0 Å². The molecule has 1 aromatic carbocycles. The molecular weight excluding hydrogens is 303 g/mol. The van der Waals surface area contributed by atoms with Crippen LogP contribution in [-0.2, 0) is 0 Å². The van der Waals surface area contributed by atoms with Crippen molar-refractivity contribution in [2.75, 3.05) is 11.9 Å². The van der Waals surface area contributed by atoms with Gasteiger partial charge >= 0.3 is 6.03 Å². The van der Waals surface area contributed by atoms with E-state index in [2.05, 4.69) is 14.7 Å². The number of nitrogens with one attached hydrogen (secondary N) is 1. The summed E-state index contributed by atoms with van der Waals surface area (Å²) in [5.41, 5.74) is 0.963. The van der Waals surface area contributed by atoms with Crippen LogP contribution in [0.1, 0.15) is 36.7 Å². The normalized spacial score (nSPS) is 18.3. The Labute approximate surface area is 132 Å². The van der Waals surface area contributed by atoms with Crippen molar-refractivity contribution < 1.29 is 9.18 Å². The number of urea groups is 1. The average Bonchev–Trinajstić information content (AvgIpc) is 2.93. The monoisotopic (exact) mass is 320 g/mol. The van der Waals surface area contributed by atoms with E-state index >= 15 is 0 Å². The number of likely N-dealkylation sites (tertiary alicyclic amines) is 1. The molecule has 1 atom stereocenters. The first kappa shape index (κ1) is 14.9. The predicted molar refractivity (Wildman–Crippen MR) is 83.4 cm³/mol. The summed E-state index contributed by atoms with van der Waals surface area (Å²) in [7, 11) is 0. The van der Waals surface area contributed by atoms with Crippen molar-refractivity contribution in [3.8, 4) is 0 Å². The first-order chi connectivity index (χ1) is 10.6. The molecule has 0 radical (unpaired) electrons. The van der Waals surface area contributed by atoms with Crippen molar-refractivity contribution in [1.82, 2.24) is 14.3 Å². The second-order valence-corrected chi connectivity index (χ2v) is 6.09. The highest BCUT2D eigenvalue weighted by molar-refractivity contribution is 7.09. The molecule has 0 aliphatic carbocycles. The van der Waals surface area contributed by atoms with Crippen LogP contribution < -0.4 is 5.32 Å². The molecule has 0 bridgehead atoms. The van der Waals surface area contributed by atoms with E-state index in [0.29, 0.717) is 17.5 Å². The Morgan fingerprint density at radius 2 is 2.14 bits per heavy atom. The molecule has 1 aliphatic heterocycles. The summed E-state index contributed by atoms with van der Waals surface area (Å²) in [6.07, 6.45) is 2.91. The van der Waals surface area contributed by atoms with Gasteiger partial charge in [0.2, 0.25) is 5.13 Å². The molecule has 1 aromatic heterocycles. The SMILES string of the molecule is Cc1nsc(NC(=O)N2CCCC[C@H]2c2ccc(F)cc2)n1. The third kappa shape index (κ3) is 3.24. The Morgan fingerprint density at radius 3 is 2.82 bits per heavy atom. The van der Waals surface area contributed by atoms with E-state index in [4.69, 9.17) is 0 Å². The number of piperidine rings is 1. The summed E-state index contributed by atoms with van der Waals surface area (Å²) in [5, 5.41) is 3.31. The molecule has 2 heterocycles. The van der Waals surface area contributed by atoms with Crippen LogP contribution in [-0.4, -0.2) is 26.8 Å². The van der Waals surface area contributed by atoms with Crippen molar-refractivity contribution in [3.05, 3.63) is 41.5 Å². The van der Waals surface area contributed by atoms with Crippen LogP contribution in [0.4, 0.5) is 14.3 Å². The van der Waals surface area contributed by atoms with Crippen LogP contribution in [0.3, 0.4) is 0 Å². The molecule has 0 spiro atoms. The zero-order chi connectivity index (χ0) is 15.5. The lowest BCUT2D eigenvalue weighted by atomic mass is 9.95. The van der Waals surface area contributed by atoms with Gasteiger partial charge in [-0.2, -0.15) is 4.37 Å². The van der Waals surface area contributed by atoms with Gasteiger partial charge in [-0.1, -0.05) is 12.1 Å². The van der Waals surface area contributed by atoms with E-state index in [-0.39, 0.29) is 17.9 Å². The smallest absolute Gasteiger partial charge is 0.317 e. The Balaban J connectivity index is 1.77. The lowest BCUT2D eigenvalue weighted by Crippen LogP contribution is -2.41. The second kappa shape index (κ2) is 6.39. The molecule has 2 amide bonds. The molecule has 1 aliphatic rings. The fourth-order valence-electron chi connectivity index (χ4n) is 2.72. The molecule has 2 aromatic rings. The van der Waals surface area contributed by atoms with Gasteiger partial charge in [0.1, 0.15) is 11.6 Å². The van der Waals surface area contributed by atoms with E-state index in [1.165, 1.54) is 23.7 Å². The zero-order valence-corrected chi connectivity index (χ0v) is 13.1. The Kier molecular flexibility index (Phi) is 4.33. The summed E-state index contributed by atoms with van der Waals surface area (Å²) in [4.78, 5) is 18.5. The van der Waals surface area contributed by atoms with Crippen molar-refractivity contribution in [2.45, 2.75) is 32.2 Å². The van der Waals surface area contributed by atoms with Crippen LogP contribution in [0, 0.1) is 12.7 Å². The van der Waals surface area contributed by atoms with E-state index in [1.54, 1.807) is 24.0 Å². The molecule has 1 saturated heterocycles. The van der Waals surface area contributed by atoms with Crippen LogP contribution in [0.2, 0.25) is 0 Å². The number of rotatable bonds is 2. The van der Waals surface area contributed by atoms with Crippen LogP contribution in [0.25, 0.3) is 0 Å². The Bertz CT molecular complexity index is 658. The first-order valence-electron chi connectivity index (χ1n) is 7.27. The third-order valence-corrected chi connectivity index (χ3v) is 4.48. The van der Waals surface area contributed by atoms with Crippen LogP contribution in [0.15, 0.2) is 24.3 Å². The van der Waals surface area contributed by atoms with Crippen LogP contribution >= 0.6 is 11.5 Å². The zero-order valence-electron chi connectivity index (χ0n) is 12.3. The first-order valence-corrected chi connectivity index (χ1v) is 8.04. The van der Waals surface area contributed by atoms with E-state index in [0.717, 1.165) is 24.8 Å². The third-order valence-electron chi connectivity index (χ3n) is 3.76. The van der Waals surface area contributed by atoms with Gasteiger partial charge in [-0.15, -0.1) is 0 Å². The Hall–Kier alpha value is -2.02. The molecule has 0 saturated carbocycles.